The van der Waals surface area contributed by atoms with Crippen LogP contribution in [0.15, 0.2) is 12.2 Å². The standard InChI is InChI=1S/C36H65N5O14/c1-47-14-15-48-16-17-49-18-19-50-20-21-51-22-23-52-24-25-53-26-27-54-28-29-55-30-33(43)38-11-3-2-6-31(36(46)39-12-5-10-37)40-32(42)7-4-13-41-34(44)8-9-35(41)45/h8-9,31H,2-7,10-30,37H2,1H3,(H,38,43)(H,39,46)(H,40,42). The van der Waals surface area contributed by atoms with E-state index in [4.69, 9.17) is 48.4 Å². The van der Waals surface area contributed by atoms with Gasteiger partial charge < -0.3 is 64.3 Å². The first-order valence-corrected chi connectivity index (χ1v) is 19.1. The second-order valence-electron chi connectivity index (χ2n) is 12.0. The fourth-order valence-electron chi connectivity index (χ4n) is 4.62. The molecule has 318 valence electrons. The van der Waals surface area contributed by atoms with E-state index in [1.165, 1.54) is 12.2 Å². The lowest BCUT2D eigenvalue weighted by Gasteiger charge is -2.19. The molecule has 0 bridgehead atoms. The van der Waals surface area contributed by atoms with Gasteiger partial charge in [0.2, 0.25) is 17.7 Å². The molecule has 0 saturated heterocycles. The molecule has 1 aliphatic rings. The van der Waals surface area contributed by atoms with Crippen LogP contribution in [0.1, 0.15) is 38.5 Å². The Morgan fingerprint density at radius 3 is 1.53 bits per heavy atom. The third kappa shape index (κ3) is 29.8. The molecule has 5 amide bonds. The van der Waals surface area contributed by atoms with Gasteiger partial charge in [-0.15, -0.1) is 0 Å². The number of ether oxygens (including phenoxy) is 9. The number of unbranched alkanes of at least 4 members (excludes halogenated alkanes) is 1. The summed E-state index contributed by atoms with van der Waals surface area (Å²) >= 11 is 0. The maximum absolute atomic E-state index is 12.7. The van der Waals surface area contributed by atoms with Crippen molar-refractivity contribution in [3.8, 4) is 0 Å². The highest BCUT2D eigenvalue weighted by atomic mass is 16.6. The van der Waals surface area contributed by atoms with E-state index in [0.29, 0.717) is 144 Å². The summed E-state index contributed by atoms with van der Waals surface area (Å²) in [6.45, 7) is 8.53. The van der Waals surface area contributed by atoms with Crippen molar-refractivity contribution in [1.82, 2.24) is 20.9 Å². The SMILES string of the molecule is COCCOCCOCCOCCOCCOCCOCCOCCOCC(=O)NCCCCC(NC(=O)CCCN1C(=O)C=CC1=O)C(=O)NCCCN. The van der Waals surface area contributed by atoms with Gasteiger partial charge in [-0.3, -0.25) is 28.9 Å². The van der Waals surface area contributed by atoms with E-state index < -0.39 is 17.9 Å². The second kappa shape index (κ2) is 36.5. The summed E-state index contributed by atoms with van der Waals surface area (Å²) in [6, 6.07) is -0.762. The summed E-state index contributed by atoms with van der Waals surface area (Å²) in [4.78, 5) is 61.7. The molecule has 0 aromatic rings. The first kappa shape index (κ1) is 49.9. The van der Waals surface area contributed by atoms with E-state index >= 15 is 0 Å². The molecule has 19 heteroatoms. The van der Waals surface area contributed by atoms with E-state index in [0.717, 1.165) is 4.90 Å². The number of imide groups is 1. The average molecular weight is 792 g/mol. The molecule has 1 heterocycles. The number of methoxy groups -OCH3 is 1. The highest BCUT2D eigenvalue weighted by Crippen LogP contribution is 2.07. The number of rotatable bonds is 40. The molecular weight excluding hydrogens is 726 g/mol. The molecule has 19 nitrogen and oxygen atoms in total. The Morgan fingerprint density at radius 1 is 0.600 bits per heavy atom. The van der Waals surface area contributed by atoms with Crippen LogP contribution in [-0.2, 0) is 66.6 Å². The molecule has 5 N–H and O–H groups in total. The Kier molecular flexibility index (Phi) is 33.1. The summed E-state index contributed by atoms with van der Waals surface area (Å²) in [5.74, 6) is -1.75. The number of nitrogens with two attached hydrogens (primary N) is 1. The van der Waals surface area contributed by atoms with E-state index in [1.807, 2.05) is 0 Å². The Hall–Kier alpha value is -3.11. The minimum absolute atomic E-state index is 0.0513. The van der Waals surface area contributed by atoms with Crippen LogP contribution in [0.5, 0.6) is 0 Å². The summed E-state index contributed by atoms with van der Waals surface area (Å²) in [5.41, 5.74) is 5.50. The third-order valence-electron chi connectivity index (χ3n) is 7.53. The first-order chi connectivity index (χ1) is 26.9. The smallest absolute Gasteiger partial charge is 0.253 e. The number of nitrogens with zero attached hydrogens (tertiary/aromatic N) is 1. The monoisotopic (exact) mass is 791 g/mol. The van der Waals surface area contributed by atoms with Gasteiger partial charge in [0.1, 0.15) is 12.6 Å². The highest BCUT2D eigenvalue weighted by Gasteiger charge is 2.24. The molecule has 0 fully saturated rings. The normalized spacial score (nSPS) is 13.1. The molecule has 1 rings (SSSR count). The fourth-order valence-corrected chi connectivity index (χ4v) is 4.62. The first-order valence-electron chi connectivity index (χ1n) is 19.1. The summed E-state index contributed by atoms with van der Waals surface area (Å²) < 4.78 is 48.2. The largest absolute Gasteiger partial charge is 0.382 e. The van der Waals surface area contributed by atoms with Crippen LogP contribution in [0, 0.1) is 0 Å². The molecule has 0 aliphatic carbocycles. The van der Waals surface area contributed by atoms with Gasteiger partial charge in [-0.1, -0.05) is 0 Å². The number of amides is 5. The van der Waals surface area contributed by atoms with Crippen molar-refractivity contribution < 1.29 is 66.6 Å². The van der Waals surface area contributed by atoms with Crippen LogP contribution in [0.2, 0.25) is 0 Å². The van der Waals surface area contributed by atoms with E-state index in [2.05, 4.69) is 16.0 Å². The number of carbonyl (C=O) groups is 5. The molecule has 0 saturated carbocycles. The van der Waals surface area contributed by atoms with Crippen molar-refractivity contribution in [3.05, 3.63) is 12.2 Å². The van der Waals surface area contributed by atoms with Crippen LogP contribution in [-0.4, -0.2) is 186 Å². The number of carbonyl (C=O) groups excluding carboxylic acids is 5. The topological polar surface area (TPSA) is 234 Å². The van der Waals surface area contributed by atoms with Gasteiger partial charge >= 0.3 is 0 Å². The third-order valence-corrected chi connectivity index (χ3v) is 7.53. The molecular formula is C36H65N5O14. The number of hydrogen-bond acceptors (Lipinski definition) is 15. The van der Waals surface area contributed by atoms with E-state index in [1.54, 1.807) is 7.11 Å². The molecule has 0 aromatic heterocycles. The van der Waals surface area contributed by atoms with Crippen LogP contribution >= 0.6 is 0 Å². The lowest BCUT2D eigenvalue weighted by atomic mass is 10.1. The van der Waals surface area contributed by atoms with Crippen LogP contribution in [0.25, 0.3) is 0 Å². The fraction of sp³-hybridized carbons (Fsp3) is 0.806. The van der Waals surface area contributed by atoms with E-state index in [9.17, 15) is 24.0 Å². The Balaban J connectivity index is 1.94. The molecule has 1 unspecified atom stereocenters. The van der Waals surface area contributed by atoms with Crippen molar-refractivity contribution in [3.63, 3.8) is 0 Å². The summed E-state index contributed by atoms with van der Waals surface area (Å²) in [5, 5.41) is 8.29. The second-order valence-corrected chi connectivity index (χ2v) is 12.0. The Bertz CT molecular complexity index is 1040. The molecule has 55 heavy (non-hydrogen) atoms. The lowest BCUT2D eigenvalue weighted by molar-refractivity contribution is -0.137. The molecule has 1 atom stereocenters. The quantitative estimate of drug-likeness (QED) is 0.0418. The van der Waals surface area contributed by atoms with Gasteiger partial charge in [0, 0.05) is 45.3 Å². The van der Waals surface area contributed by atoms with Gasteiger partial charge in [0.05, 0.1) is 106 Å². The maximum Gasteiger partial charge on any atom is 0.253 e. The average Bonchev–Trinajstić information content (AvgIpc) is 3.49. The minimum Gasteiger partial charge on any atom is -0.382 e. The van der Waals surface area contributed by atoms with Crippen LogP contribution < -0.4 is 21.7 Å². The summed E-state index contributed by atoms with van der Waals surface area (Å²) in [6.07, 6.45) is 4.83. The van der Waals surface area contributed by atoms with Crippen molar-refractivity contribution >= 4 is 29.5 Å². The van der Waals surface area contributed by atoms with Gasteiger partial charge in [0.25, 0.3) is 11.8 Å². The summed E-state index contributed by atoms with van der Waals surface area (Å²) in [7, 11) is 1.63. The van der Waals surface area contributed by atoms with Gasteiger partial charge in [-0.05, 0) is 38.6 Å². The lowest BCUT2D eigenvalue weighted by Crippen LogP contribution is -2.47. The van der Waals surface area contributed by atoms with Crippen molar-refractivity contribution in [2.45, 2.75) is 44.6 Å². The maximum atomic E-state index is 12.7. The highest BCUT2D eigenvalue weighted by molar-refractivity contribution is 6.12. The van der Waals surface area contributed by atoms with Gasteiger partial charge in [-0.25, -0.2) is 0 Å². The van der Waals surface area contributed by atoms with Gasteiger partial charge in [-0.2, -0.15) is 0 Å². The Labute approximate surface area is 324 Å². The number of hydrogen-bond donors (Lipinski definition) is 4. The van der Waals surface area contributed by atoms with E-state index in [-0.39, 0.29) is 50.3 Å². The molecule has 0 radical (unpaired) electrons. The predicted octanol–water partition coefficient (Wildman–Crippen LogP) is -1.29. The van der Waals surface area contributed by atoms with Crippen molar-refractivity contribution in [2.24, 2.45) is 5.73 Å². The minimum atomic E-state index is -0.762. The zero-order chi connectivity index (χ0) is 40.0. The van der Waals surface area contributed by atoms with Crippen LogP contribution in [0.3, 0.4) is 0 Å². The molecule has 0 aromatic carbocycles. The number of nitrogens with one attached hydrogen (secondary N) is 3. The zero-order valence-electron chi connectivity index (χ0n) is 32.6. The predicted molar refractivity (Wildman–Crippen MR) is 199 cm³/mol. The Morgan fingerprint density at radius 2 is 1.05 bits per heavy atom. The zero-order valence-corrected chi connectivity index (χ0v) is 32.6. The van der Waals surface area contributed by atoms with Crippen molar-refractivity contribution in [2.75, 3.05) is 146 Å². The van der Waals surface area contributed by atoms with Crippen molar-refractivity contribution in [1.29, 1.82) is 0 Å². The van der Waals surface area contributed by atoms with Gasteiger partial charge in [0.15, 0.2) is 0 Å². The molecule has 0 spiro atoms. The van der Waals surface area contributed by atoms with Crippen LogP contribution in [0.4, 0.5) is 0 Å². The molecule has 1 aliphatic heterocycles.